The molecular weight excluding hydrogens is 507 g/mol. The minimum atomic E-state index is -0.322. The molecule has 1 aliphatic heterocycles. The fourth-order valence-electron chi connectivity index (χ4n) is 5.30. The lowest BCUT2D eigenvalue weighted by molar-refractivity contribution is 0.0998. The lowest BCUT2D eigenvalue weighted by Crippen LogP contribution is -2.46. The van der Waals surface area contributed by atoms with E-state index in [2.05, 4.69) is 57.7 Å². The third-order valence-corrected chi connectivity index (χ3v) is 7.08. The van der Waals surface area contributed by atoms with Gasteiger partial charge in [0.25, 0.3) is 5.91 Å². The maximum atomic E-state index is 12.5. The lowest BCUT2D eigenvalue weighted by atomic mass is 9.99. The van der Waals surface area contributed by atoms with Crippen molar-refractivity contribution in [2.24, 2.45) is 5.73 Å². The number of nitrogens with zero attached hydrogens (tertiary/aromatic N) is 3. The Bertz CT molecular complexity index is 1130. The molecule has 8 heteroatoms. The molecule has 1 fully saturated rings. The molecule has 0 aliphatic carbocycles. The van der Waals surface area contributed by atoms with Gasteiger partial charge in [-0.05, 0) is 68.1 Å². The van der Waals surface area contributed by atoms with Crippen molar-refractivity contribution in [2.75, 3.05) is 44.7 Å². The minimum Gasteiger partial charge on any atom is -0.497 e. The van der Waals surface area contributed by atoms with Gasteiger partial charge in [-0.1, -0.05) is 37.3 Å². The van der Waals surface area contributed by atoms with Crippen molar-refractivity contribution in [3.63, 3.8) is 0 Å². The zero-order valence-corrected chi connectivity index (χ0v) is 23.7. The Morgan fingerprint density at radius 2 is 1.59 bits per heavy atom. The molecule has 0 saturated carbocycles. The zero-order chi connectivity index (χ0) is 24.8. The number of ether oxygens (including phenoxy) is 1. The van der Waals surface area contributed by atoms with E-state index in [4.69, 9.17) is 10.5 Å². The van der Waals surface area contributed by atoms with E-state index in [0.717, 1.165) is 86.8 Å². The van der Waals surface area contributed by atoms with E-state index < -0.39 is 0 Å². The van der Waals surface area contributed by atoms with Gasteiger partial charge in [-0.25, -0.2) is 0 Å². The molecule has 0 radical (unpaired) electrons. The summed E-state index contributed by atoms with van der Waals surface area (Å²) in [5.41, 5.74) is 12.3. The third kappa shape index (κ3) is 7.01. The summed E-state index contributed by atoms with van der Waals surface area (Å²) in [6.45, 7) is 10.2. The van der Waals surface area contributed by atoms with Crippen molar-refractivity contribution in [2.45, 2.75) is 39.7 Å². The highest BCUT2D eigenvalue weighted by atomic mass is 35.5. The molecule has 202 valence electrons. The van der Waals surface area contributed by atoms with Gasteiger partial charge in [-0.3, -0.25) is 9.69 Å². The summed E-state index contributed by atoms with van der Waals surface area (Å²) in [7, 11) is 1.70. The topological polar surface area (TPSA) is 63.7 Å². The molecule has 2 heterocycles. The van der Waals surface area contributed by atoms with E-state index >= 15 is 0 Å². The zero-order valence-electron chi connectivity index (χ0n) is 22.1. The third-order valence-electron chi connectivity index (χ3n) is 7.08. The van der Waals surface area contributed by atoms with Crippen LogP contribution < -0.4 is 15.4 Å². The van der Waals surface area contributed by atoms with Crippen LogP contribution in [0.15, 0.2) is 54.6 Å². The number of aromatic nitrogens is 1. The molecule has 0 atom stereocenters. The monoisotopic (exact) mass is 546 g/mol. The van der Waals surface area contributed by atoms with E-state index in [-0.39, 0.29) is 30.7 Å². The maximum Gasteiger partial charge on any atom is 0.250 e. The summed E-state index contributed by atoms with van der Waals surface area (Å²) in [5, 5.41) is 0. The summed E-state index contributed by atoms with van der Waals surface area (Å²) < 4.78 is 7.57. The number of benzene rings is 2. The van der Waals surface area contributed by atoms with Crippen molar-refractivity contribution >= 4 is 36.4 Å². The Hall–Kier alpha value is -2.67. The highest BCUT2D eigenvalue weighted by molar-refractivity contribution is 5.98. The summed E-state index contributed by atoms with van der Waals surface area (Å²) >= 11 is 0. The first kappa shape index (κ1) is 30.6. The van der Waals surface area contributed by atoms with Crippen LogP contribution in [0.4, 0.5) is 5.69 Å². The van der Waals surface area contributed by atoms with Crippen LogP contribution in [0.5, 0.6) is 5.75 Å². The van der Waals surface area contributed by atoms with Crippen molar-refractivity contribution in [3.05, 3.63) is 71.4 Å². The maximum absolute atomic E-state index is 12.5. The average molecular weight is 548 g/mol. The summed E-state index contributed by atoms with van der Waals surface area (Å²) in [5.74, 6) is 0.568. The molecule has 6 nitrogen and oxygen atoms in total. The molecule has 2 aromatic carbocycles. The van der Waals surface area contributed by atoms with Gasteiger partial charge in [0.1, 0.15) is 5.75 Å². The van der Waals surface area contributed by atoms with Crippen LogP contribution in [0.1, 0.15) is 41.4 Å². The van der Waals surface area contributed by atoms with Gasteiger partial charge in [-0.2, -0.15) is 0 Å². The number of hydrogen-bond acceptors (Lipinski definition) is 4. The number of nitrogens with two attached hydrogens (primary N) is 1. The van der Waals surface area contributed by atoms with Crippen LogP contribution in [0.2, 0.25) is 0 Å². The molecule has 1 aliphatic rings. The van der Waals surface area contributed by atoms with E-state index in [1.807, 2.05) is 25.1 Å². The predicted octanol–water partition coefficient (Wildman–Crippen LogP) is 5.58. The molecule has 37 heavy (non-hydrogen) atoms. The van der Waals surface area contributed by atoms with Crippen LogP contribution in [-0.4, -0.2) is 55.2 Å². The highest BCUT2D eigenvalue weighted by Crippen LogP contribution is 2.33. The fourth-order valence-corrected chi connectivity index (χ4v) is 5.30. The van der Waals surface area contributed by atoms with Gasteiger partial charge in [-0.15, -0.1) is 24.8 Å². The van der Waals surface area contributed by atoms with E-state index in [1.165, 1.54) is 5.69 Å². The van der Waals surface area contributed by atoms with Crippen LogP contribution in [0, 0.1) is 6.92 Å². The normalized spacial score (nSPS) is 13.5. The molecule has 1 amide bonds. The van der Waals surface area contributed by atoms with E-state index in [1.54, 1.807) is 7.11 Å². The van der Waals surface area contributed by atoms with Crippen LogP contribution in [-0.2, 0) is 13.0 Å². The molecule has 2 N–H and O–H groups in total. The van der Waals surface area contributed by atoms with Crippen molar-refractivity contribution < 1.29 is 9.53 Å². The Morgan fingerprint density at radius 1 is 0.946 bits per heavy atom. The summed E-state index contributed by atoms with van der Waals surface area (Å²) in [4.78, 5) is 17.5. The summed E-state index contributed by atoms with van der Waals surface area (Å²) in [6.07, 6.45) is 2.85. The number of anilines is 1. The second kappa shape index (κ2) is 14.3. The van der Waals surface area contributed by atoms with Gasteiger partial charge in [0.15, 0.2) is 0 Å². The van der Waals surface area contributed by atoms with Crippen LogP contribution in [0.25, 0.3) is 11.3 Å². The number of carbonyl (C=O) groups excluding carboxylic acids is 1. The molecule has 0 unspecified atom stereocenters. The first-order valence-corrected chi connectivity index (χ1v) is 12.7. The quantitative estimate of drug-likeness (QED) is 0.360. The van der Waals surface area contributed by atoms with E-state index in [0.29, 0.717) is 5.56 Å². The first-order valence-electron chi connectivity index (χ1n) is 12.7. The SMILES string of the molecule is CCCn1c(C)c(C(N)=O)c(CCCN2CCN(c3ccc(OC)cc3)CC2)c1-c1ccccc1.Cl.Cl. The first-order chi connectivity index (χ1) is 17.0. The number of carbonyl (C=O) groups is 1. The number of hydrogen-bond donors (Lipinski definition) is 1. The fraction of sp³-hybridized carbons (Fsp3) is 0.414. The summed E-state index contributed by atoms with van der Waals surface area (Å²) in [6, 6.07) is 18.7. The van der Waals surface area contributed by atoms with E-state index in [9.17, 15) is 4.79 Å². The van der Waals surface area contributed by atoms with Gasteiger partial charge >= 0.3 is 0 Å². The lowest BCUT2D eigenvalue weighted by Gasteiger charge is -2.36. The van der Waals surface area contributed by atoms with Gasteiger partial charge in [0.05, 0.1) is 18.4 Å². The standard InChI is InChI=1S/C29H38N4O2.2ClH/c1-4-16-33-22(2)27(29(30)34)26(28(33)23-9-6-5-7-10-23)11-8-17-31-18-20-32(21-19-31)24-12-14-25(35-3)15-13-24;;/h5-7,9-10,12-15H,4,8,11,16-21H2,1-3H3,(H2,30,34);2*1H. The second-order valence-electron chi connectivity index (χ2n) is 9.30. The number of piperazine rings is 1. The Balaban J connectivity index is 0.00000241. The predicted molar refractivity (Wildman–Crippen MR) is 158 cm³/mol. The number of primary amides is 1. The Labute approximate surface area is 233 Å². The van der Waals surface area contributed by atoms with Crippen molar-refractivity contribution in [1.29, 1.82) is 0 Å². The molecule has 4 rings (SSSR count). The molecule has 0 spiro atoms. The minimum absolute atomic E-state index is 0. The van der Waals surface area contributed by atoms with Crippen molar-refractivity contribution in [3.8, 4) is 17.0 Å². The van der Waals surface area contributed by atoms with Gasteiger partial charge in [0, 0.05) is 44.1 Å². The molecular formula is C29H40Cl2N4O2. The number of methoxy groups -OCH3 is 1. The molecule has 0 bridgehead atoms. The van der Waals surface area contributed by atoms with Gasteiger partial charge < -0.3 is 19.9 Å². The molecule has 1 aromatic heterocycles. The number of halogens is 2. The van der Waals surface area contributed by atoms with Crippen LogP contribution >= 0.6 is 24.8 Å². The smallest absolute Gasteiger partial charge is 0.250 e. The second-order valence-corrected chi connectivity index (χ2v) is 9.30. The Morgan fingerprint density at radius 3 is 2.16 bits per heavy atom. The average Bonchev–Trinajstić information content (AvgIpc) is 3.16. The number of rotatable bonds is 10. The molecule has 3 aromatic rings. The van der Waals surface area contributed by atoms with Crippen molar-refractivity contribution in [1.82, 2.24) is 9.47 Å². The Kier molecular flexibility index (Phi) is 11.8. The number of amides is 1. The largest absolute Gasteiger partial charge is 0.497 e. The highest BCUT2D eigenvalue weighted by Gasteiger charge is 2.24. The van der Waals surface area contributed by atoms with Gasteiger partial charge in [0.2, 0.25) is 0 Å². The molecule has 1 saturated heterocycles. The van der Waals surface area contributed by atoms with Crippen LogP contribution in [0.3, 0.4) is 0 Å².